The summed E-state index contributed by atoms with van der Waals surface area (Å²) in [6, 6.07) is 0. The highest BCUT2D eigenvalue weighted by atomic mass is 16.5. The minimum atomic E-state index is -0.300. The first-order chi connectivity index (χ1) is 10.0. The summed E-state index contributed by atoms with van der Waals surface area (Å²) in [6.07, 6.45) is 0.949. The van der Waals surface area contributed by atoms with E-state index < -0.39 is 0 Å². The summed E-state index contributed by atoms with van der Waals surface area (Å²) >= 11 is 0. The van der Waals surface area contributed by atoms with Crippen LogP contribution in [0.1, 0.15) is 54.4 Å². The minimum Gasteiger partial charge on any atom is -0.379 e. The molecule has 0 aromatic carbocycles. The highest BCUT2D eigenvalue weighted by molar-refractivity contribution is 5.83. The van der Waals surface area contributed by atoms with Gasteiger partial charge in [0.2, 0.25) is 5.91 Å². The molecule has 5 heteroatoms. The molecular formula is C17H33NO4. The van der Waals surface area contributed by atoms with Crippen molar-refractivity contribution in [3.8, 4) is 0 Å². The number of Topliss-reactive ketones (excluding diaryl/α,β-unsaturated/α-hetero) is 1. The van der Waals surface area contributed by atoms with Crippen LogP contribution in [-0.2, 0) is 19.1 Å². The molecule has 0 saturated carbocycles. The topological polar surface area (TPSA) is 64.6 Å². The summed E-state index contributed by atoms with van der Waals surface area (Å²) in [4.78, 5) is 23.2. The molecule has 0 spiro atoms. The van der Waals surface area contributed by atoms with Crippen molar-refractivity contribution in [3.05, 3.63) is 0 Å². The molecule has 0 aromatic rings. The van der Waals surface area contributed by atoms with Gasteiger partial charge < -0.3 is 14.8 Å². The lowest BCUT2D eigenvalue weighted by Crippen LogP contribution is -2.30. The quantitative estimate of drug-likeness (QED) is 0.629. The molecule has 0 aliphatic carbocycles. The van der Waals surface area contributed by atoms with E-state index in [1.807, 2.05) is 41.5 Å². The smallest absolute Gasteiger partial charge is 0.220 e. The Bertz CT molecular complexity index is 340. The van der Waals surface area contributed by atoms with E-state index in [0.29, 0.717) is 45.8 Å². The van der Waals surface area contributed by atoms with Gasteiger partial charge in [0.1, 0.15) is 5.78 Å². The van der Waals surface area contributed by atoms with Crippen LogP contribution in [0.5, 0.6) is 0 Å². The molecule has 0 radical (unpaired) electrons. The Morgan fingerprint density at radius 2 is 1.41 bits per heavy atom. The van der Waals surface area contributed by atoms with Crippen molar-refractivity contribution in [2.24, 2.45) is 10.8 Å². The maximum Gasteiger partial charge on any atom is 0.220 e. The minimum absolute atomic E-state index is 0.00324. The Morgan fingerprint density at radius 1 is 0.864 bits per heavy atom. The average molecular weight is 315 g/mol. The van der Waals surface area contributed by atoms with Gasteiger partial charge in [-0.15, -0.1) is 0 Å². The Labute approximate surface area is 135 Å². The third-order valence-electron chi connectivity index (χ3n) is 2.94. The van der Waals surface area contributed by atoms with E-state index in [-0.39, 0.29) is 22.5 Å². The lowest BCUT2D eigenvalue weighted by Gasteiger charge is -2.17. The lowest BCUT2D eigenvalue weighted by atomic mass is 9.89. The molecule has 0 atom stereocenters. The predicted octanol–water partition coefficient (Wildman–Crippen LogP) is 2.58. The molecule has 0 fully saturated rings. The largest absolute Gasteiger partial charge is 0.379 e. The van der Waals surface area contributed by atoms with Gasteiger partial charge in [-0.05, 0) is 5.41 Å². The van der Waals surface area contributed by atoms with Crippen molar-refractivity contribution in [1.82, 2.24) is 5.32 Å². The zero-order valence-corrected chi connectivity index (χ0v) is 15.1. The van der Waals surface area contributed by atoms with Gasteiger partial charge in [-0.3, -0.25) is 9.59 Å². The van der Waals surface area contributed by atoms with Crippen LogP contribution in [-0.4, -0.2) is 44.7 Å². The maximum atomic E-state index is 11.6. The predicted molar refractivity (Wildman–Crippen MR) is 87.8 cm³/mol. The van der Waals surface area contributed by atoms with Gasteiger partial charge in [-0.2, -0.15) is 0 Å². The molecular weight excluding hydrogens is 282 g/mol. The maximum absolute atomic E-state index is 11.6. The Morgan fingerprint density at radius 3 is 1.91 bits per heavy atom. The molecule has 130 valence electrons. The van der Waals surface area contributed by atoms with E-state index >= 15 is 0 Å². The van der Waals surface area contributed by atoms with Crippen molar-refractivity contribution in [1.29, 1.82) is 0 Å². The lowest BCUT2D eigenvalue weighted by molar-refractivity contribution is -0.127. The highest BCUT2D eigenvalue weighted by Crippen LogP contribution is 2.17. The van der Waals surface area contributed by atoms with Gasteiger partial charge in [-0.1, -0.05) is 41.5 Å². The average Bonchev–Trinajstić information content (AvgIpc) is 2.33. The van der Waals surface area contributed by atoms with E-state index in [0.717, 1.165) is 0 Å². The van der Waals surface area contributed by atoms with Crippen LogP contribution in [0.4, 0.5) is 0 Å². The molecule has 0 bridgehead atoms. The zero-order valence-electron chi connectivity index (χ0n) is 15.1. The Hall–Kier alpha value is -0.940. The number of amides is 1. The molecule has 1 amide bonds. The summed E-state index contributed by atoms with van der Waals surface area (Å²) in [5, 5.41) is 2.82. The fraction of sp³-hybridized carbons (Fsp3) is 0.882. The van der Waals surface area contributed by atoms with Gasteiger partial charge in [0, 0.05) is 24.8 Å². The van der Waals surface area contributed by atoms with Crippen LogP contribution in [0.3, 0.4) is 0 Å². The molecule has 0 aromatic heterocycles. The zero-order chi connectivity index (χ0) is 17.2. The molecule has 0 unspecified atom stereocenters. The van der Waals surface area contributed by atoms with E-state index in [4.69, 9.17) is 9.47 Å². The van der Waals surface area contributed by atoms with Gasteiger partial charge in [0.05, 0.1) is 26.4 Å². The number of hydrogen-bond donors (Lipinski definition) is 1. The van der Waals surface area contributed by atoms with Crippen LogP contribution in [0.15, 0.2) is 0 Å². The number of carbonyl (C=O) groups excluding carboxylic acids is 2. The van der Waals surface area contributed by atoms with Crippen LogP contribution >= 0.6 is 0 Å². The SMILES string of the molecule is CC(C)(C)CC(=O)NCCOCCOCCC(=O)C(C)(C)C. The fourth-order valence-corrected chi connectivity index (χ4v) is 1.67. The molecule has 22 heavy (non-hydrogen) atoms. The van der Waals surface area contributed by atoms with Crippen molar-refractivity contribution in [3.63, 3.8) is 0 Å². The summed E-state index contributed by atoms with van der Waals surface area (Å²) in [6.45, 7) is 14.2. The van der Waals surface area contributed by atoms with E-state index in [2.05, 4.69) is 5.32 Å². The van der Waals surface area contributed by atoms with Gasteiger partial charge in [-0.25, -0.2) is 0 Å². The van der Waals surface area contributed by atoms with Crippen LogP contribution < -0.4 is 5.32 Å². The monoisotopic (exact) mass is 315 g/mol. The fourth-order valence-electron chi connectivity index (χ4n) is 1.67. The van der Waals surface area contributed by atoms with E-state index in [9.17, 15) is 9.59 Å². The van der Waals surface area contributed by atoms with Gasteiger partial charge >= 0.3 is 0 Å². The van der Waals surface area contributed by atoms with Crippen molar-refractivity contribution in [2.45, 2.75) is 54.4 Å². The number of ether oxygens (including phenoxy) is 2. The number of rotatable bonds is 10. The van der Waals surface area contributed by atoms with E-state index in [1.165, 1.54) is 0 Å². The second kappa shape index (κ2) is 9.95. The first-order valence-electron chi connectivity index (χ1n) is 7.98. The third-order valence-corrected chi connectivity index (χ3v) is 2.94. The second-order valence-corrected chi connectivity index (χ2v) is 7.74. The molecule has 0 rings (SSSR count). The van der Waals surface area contributed by atoms with Crippen molar-refractivity contribution >= 4 is 11.7 Å². The number of nitrogens with one attached hydrogen (secondary N) is 1. The Kier molecular flexibility index (Phi) is 9.53. The molecule has 1 N–H and O–H groups in total. The third kappa shape index (κ3) is 12.8. The summed E-state index contributed by atoms with van der Waals surface area (Å²) < 4.78 is 10.7. The number of ketones is 1. The summed E-state index contributed by atoms with van der Waals surface area (Å²) in [7, 11) is 0. The normalized spacial score (nSPS) is 12.3. The second-order valence-electron chi connectivity index (χ2n) is 7.74. The van der Waals surface area contributed by atoms with Crippen molar-refractivity contribution < 1.29 is 19.1 Å². The van der Waals surface area contributed by atoms with Gasteiger partial charge in [0.25, 0.3) is 0 Å². The molecule has 0 heterocycles. The highest BCUT2D eigenvalue weighted by Gasteiger charge is 2.20. The van der Waals surface area contributed by atoms with Crippen molar-refractivity contribution in [2.75, 3.05) is 33.0 Å². The first kappa shape index (κ1) is 21.1. The van der Waals surface area contributed by atoms with Gasteiger partial charge in [0.15, 0.2) is 0 Å². The number of hydrogen-bond acceptors (Lipinski definition) is 4. The van der Waals surface area contributed by atoms with Crippen LogP contribution in [0.2, 0.25) is 0 Å². The first-order valence-corrected chi connectivity index (χ1v) is 7.98. The summed E-state index contributed by atoms with van der Waals surface area (Å²) in [5.74, 6) is 0.253. The molecule has 0 aliphatic rings. The van der Waals surface area contributed by atoms with E-state index in [1.54, 1.807) is 0 Å². The molecule has 5 nitrogen and oxygen atoms in total. The van der Waals surface area contributed by atoms with Crippen LogP contribution in [0.25, 0.3) is 0 Å². The van der Waals surface area contributed by atoms with Crippen LogP contribution in [0, 0.1) is 10.8 Å². The summed E-state index contributed by atoms with van der Waals surface area (Å²) in [5.41, 5.74) is -0.297. The number of carbonyl (C=O) groups is 2. The molecule has 0 aliphatic heterocycles. The standard InChI is InChI=1S/C17H33NO4/c1-16(2,3)13-15(20)18-8-10-22-12-11-21-9-7-14(19)17(4,5)6/h7-13H2,1-6H3,(H,18,20). The molecule has 0 saturated heterocycles. The Balaban J connectivity index is 3.41.